The molecule has 2 heterocycles. The first-order valence-corrected chi connectivity index (χ1v) is 5.43. The zero-order chi connectivity index (χ0) is 14.0. The van der Waals surface area contributed by atoms with Crippen LogP contribution in [0.15, 0.2) is 11.2 Å². The second kappa shape index (κ2) is 4.89. The molecule has 100 valence electrons. The third-order valence-electron chi connectivity index (χ3n) is 2.21. The Labute approximate surface area is 112 Å². The molecule has 11 heteroatoms. The minimum absolute atomic E-state index is 0.0798. The van der Waals surface area contributed by atoms with E-state index in [0.717, 1.165) is 0 Å². The topological polar surface area (TPSA) is 146 Å². The van der Waals surface area contributed by atoms with Crippen LogP contribution in [0, 0.1) is 6.92 Å². The van der Waals surface area contributed by atoms with Crippen LogP contribution in [0.4, 0.5) is 5.82 Å². The van der Waals surface area contributed by atoms with E-state index in [9.17, 15) is 0 Å². The molecule has 0 atom stereocenters. The molecular weight excluding hydrogens is 270 g/mol. The Morgan fingerprint density at radius 1 is 1.42 bits per heavy atom. The summed E-state index contributed by atoms with van der Waals surface area (Å²) in [6.45, 7) is 5.54. The number of hydrazine groups is 1. The number of nitrogens with two attached hydrogens (primary N) is 2. The van der Waals surface area contributed by atoms with Crippen LogP contribution in [-0.2, 0) is 0 Å². The highest BCUT2D eigenvalue weighted by Crippen LogP contribution is 2.17. The SMILES string of the molecule is C=C(NNC(N)=S)c1nnn(-c2nonc2N)c1C. The van der Waals surface area contributed by atoms with Gasteiger partial charge in [-0.2, -0.15) is 4.68 Å². The predicted octanol–water partition coefficient (Wildman–Crippen LogP) is -1.15. The summed E-state index contributed by atoms with van der Waals surface area (Å²) in [5.41, 5.74) is 17.7. The first-order chi connectivity index (χ1) is 9.00. The van der Waals surface area contributed by atoms with E-state index in [1.54, 1.807) is 6.92 Å². The van der Waals surface area contributed by atoms with Crippen LogP contribution in [0.2, 0.25) is 0 Å². The van der Waals surface area contributed by atoms with E-state index < -0.39 is 0 Å². The van der Waals surface area contributed by atoms with Crippen molar-refractivity contribution in [3.63, 3.8) is 0 Å². The maximum atomic E-state index is 5.59. The van der Waals surface area contributed by atoms with Crippen LogP contribution in [0.5, 0.6) is 0 Å². The van der Waals surface area contributed by atoms with E-state index in [1.165, 1.54) is 4.68 Å². The molecule has 2 aromatic rings. The molecule has 0 bridgehead atoms. The number of anilines is 1. The number of hydrogen-bond acceptors (Lipinski definition) is 8. The number of nitrogen functional groups attached to an aromatic ring is 1. The van der Waals surface area contributed by atoms with Gasteiger partial charge in [0.25, 0.3) is 0 Å². The number of thiocarbonyl (C=S) groups is 1. The number of hydrogen-bond donors (Lipinski definition) is 4. The molecule has 0 amide bonds. The van der Waals surface area contributed by atoms with Gasteiger partial charge in [-0.3, -0.25) is 10.9 Å². The van der Waals surface area contributed by atoms with Crippen molar-refractivity contribution < 1.29 is 4.63 Å². The maximum absolute atomic E-state index is 5.59. The molecule has 10 nitrogen and oxygen atoms in total. The lowest BCUT2D eigenvalue weighted by Gasteiger charge is -2.08. The maximum Gasteiger partial charge on any atom is 0.243 e. The molecule has 0 saturated carbocycles. The quantitative estimate of drug-likeness (QED) is 0.400. The van der Waals surface area contributed by atoms with Gasteiger partial charge in [-0.15, -0.1) is 5.10 Å². The van der Waals surface area contributed by atoms with Gasteiger partial charge in [0.05, 0.1) is 11.4 Å². The molecule has 0 saturated heterocycles. The molecule has 0 unspecified atom stereocenters. The van der Waals surface area contributed by atoms with Crippen LogP contribution in [-0.4, -0.2) is 30.4 Å². The van der Waals surface area contributed by atoms with E-state index in [4.69, 9.17) is 11.5 Å². The van der Waals surface area contributed by atoms with Crippen LogP contribution < -0.4 is 22.3 Å². The molecule has 0 aliphatic heterocycles. The van der Waals surface area contributed by atoms with Crippen molar-refractivity contribution in [2.75, 3.05) is 5.73 Å². The summed E-state index contributed by atoms with van der Waals surface area (Å²) in [5, 5.41) is 15.0. The molecule has 2 aromatic heterocycles. The summed E-state index contributed by atoms with van der Waals surface area (Å²) in [7, 11) is 0. The van der Waals surface area contributed by atoms with E-state index in [-0.39, 0.29) is 16.7 Å². The first kappa shape index (κ1) is 12.8. The zero-order valence-electron chi connectivity index (χ0n) is 9.91. The van der Waals surface area contributed by atoms with E-state index in [0.29, 0.717) is 17.1 Å². The van der Waals surface area contributed by atoms with Gasteiger partial charge in [0.15, 0.2) is 5.11 Å². The van der Waals surface area contributed by atoms with Gasteiger partial charge >= 0.3 is 0 Å². The fourth-order valence-corrected chi connectivity index (χ4v) is 1.39. The van der Waals surface area contributed by atoms with Crippen LogP contribution in [0.3, 0.4) is 0 Å². The van der Waals surface area contributed by atoms with Crippen molar-refractivity contribution in [3.8, 4) is 5.82 Å². The number of rotatable bonds is 4. The van der Waals surface area contributed by atoms with E-state index in [2.05, 4.69) is 54.9 Å². The predicted molar refractivity (Wildman–Crippen MR) is 70.5 cm³/mol. The molecule has 0 aliphatic carbocycles. The Hall–Kier alpha value is -2.69. The van der Waals surface area contributed by atoms with E-state index >= 15 is 0 Å². The molecule has 2 rings (SSSR count). The highest BCUT2D eigenvalue weighted by molar-refractivity contribution is 7.80. The second-order valence-corrected chi connectivity index (χ2v) is 3.94. The molecule has 0 aliphatic rings. The zero-order valence-corrected chi connectivity index (χ0v) is 10.7. The first-order valence-electron chi connectivity index (χ1n) is 5.02. The van der Waals surface area contributed by atoms with Crippen molar-refractivity contribution in [2.45, 2.75) is 6.92 Å². The van der Waals surface area contributed by atoms with Gasteiger partial charge < -0.3 is 11.5 Å². The van der Waals surface area contributed by atoms with Crippen LogP contribution in [0.25, 0.3) is 11.5 Å². The minimum Gasteiger partial charge on any atom is -0.378 e. The molecule has 0 fully saturated rings. The molecule has 19 heavy (non-hydrogen) atoms. The molecule has 0 radical (unpaired) electrons. The van der Waals surface area contributed by atoms with E-state index in [1.807, 2.05) is 0 Å². The third-order valence-corrected chi connectivity index (χ3v) is 2.32. The summed E-state index contributed by atoms with van der Waals surface area (Å²) >= 11 is 4.66. The van der Waals surface area contributed by atoms with Crippen LogP contribution >= 0.6 is 12.2 Å². The van der Waals surface area contributed by atoms with Gasteiger partial charge in [-0.1, -0.05) is 11.8 Å². The summed E-state index contributed by atoms with van der Waals surface area (Å²) in [5.74, 6) is 0.366. The molecule has 0 spiro atoms. The number of nitrogens with one attached hydrogen (secondary N) is 2. The molecule has 0 aromatic carbocycles. The second-order valence-electron chi connectivity index (χ2n) is 3.50. The lowest BCUT2D eigenvalue weighted by molar-refractivity contribution is 0.306. The summed E-state index contributed by atoms with van der Waals surface area (Å²) in [6, 6.07) is 0. The van der Waals surface area contributed by atoms with Gasteiger partial charge in [0, 0.05) is 0 Å². The minimum atomic E-state index is 0.0798. The van der Waals surface area contributed by atoms with Crippen molar-refractivity contribution in [1.29, 1.82) is 0 Å². The number of aromatic nitrogens is 5. The monoisotopic (exact) mass is 281 g/mol. The normalized spacial score (nSPS) is 10.2. The Morgan fingerprint density at radius 2 is 2.16 bits per heavy atom. The third kappa shape index (κ3) is 2.44. The van der Waals surface area contributed by atoms with Gasteiger partial charge in [-0.05, 0) is 29.5 Å². The largest absolute Gasteiger partial charge is 0.378 e. The van der Waals surface area contributed by atoms with Crippen molar-refractivity contribution in [1.82, 2.24) is 36.2 Å². The average Bonchev–Trinajstić information content (AvgIpc) is 2.92. The standard InChI is InChI=1S/C8H11N9OS/c1-3(11-13-8(10)19)5-4(2)17(16-12-5)7-6(9)14-18-15-7/h11H,1H2,2H3,(H2,9,14)(H3,10,13,19). The molecular formula is C8H11N9OS. The Balaban J connectivity index is 2.26. The van der Waals surface area contributed by atoms with Gasteiger partial charge in [0.1, 0.15) is 5.69 Å². The fourth-order valence-electron chi connectivity index (χ4n) is 1.34. The summed E-state index contributed by atoms with van der Waals surface area (Å²) in [6.07, 6.45) is 0. The molecule has 6 N–H and O–H groups in total. The highest BCUT2D eigenvalue weighted by atomic mass is 32.1. The Bertz CT molecular complexity index is 630. The van der Waals surface area contributed by atoms with Crippen molar-refractivity contribution >= 4 is 28.8 Å². The van der Waals surface area contributed by atoms with Gasteiger partial charge in [0.2, 0.25) is 11.6 Å². The average molecular weight is 281 g/mol. The fraction of sp³-hybridized carbons (Fsp3) is 0.125. The summed E-state index contributed by atoms with van der Waals surface area (Å²) in [4.78, 5) is 0. The highest BCUT2D eigenvalue weighted by Gasteiger charge is 2.17. The van der Waals surface area contributed by atoms with Crippen molar-refractivity contribution in [2.24, 2.45) is 5.73 Å². The smallest absolute Gasteiger partial charge is 0.243 e. The lowest BCUT2D eigenvalue weighted by atomic mass is 10.3. The number of nitrogens with zero attached hydrogens (tertiary/aromatic N) is 5. The van der Waals surface area contributed by atoms with Crippen molar-refractivity contribution in [3.05, 3.63) is 18.0 Å². The summed E-state index contributed by atoms with van der Waals surface area (Å²) < 4.78 is 5.89. The van der Waals surface area contributed by atoms with Gasteiger partial charge in [-0.25, -0.2) is 4.63 Å². The Morgan fingerprint density at radius 3 is 2.74 bits per heavy atom. The Kier molecular flexibility index (Phi) is 3.29. The lowest BCUT2D eigenvalue weighted by Crippen LogP contribution is -2.39. The van der Waals surface area contributed by atoms with Crippen LogP contribution in [0.1, 0.15) is 11.4 Å².